The zero-order valence-electron chi connectivity index (χ0n) is 16.0. The molecule has 0 aliphatic carbocycles. The number of aromatic amines is 1. The maximum atomic E-state index is 12.4. The number of carbonyl (C=O) groups is 2. The summed E-state index contributed by atoms with van der Waals surface area (Å²) in [7, 11) is 0. The molecule has 1 atom stereocenters. The highest BCUT2D eigenvalue weighted by Crippen LogP contribution is 2.22. The van der Waals surface area contributed by atoms with E-state index in [0.29, 0.717) is 42.2 Å². The molecule has 0 radical (unpaired) electrons. The number of carbonyl (C=O) groups excluding carboxylic acids is 2. The van der Waals surface area contributed by atoms with Gasteiger partial charge < -0.3 is 20.1 Å². The fraction of sp³-hybridized carbons (Fsp3) is 0.474. The van der Waals surface area contributed by atoms with Crippen molar-refractivity contribution in [3.8, 4) is 0 Å². The molecular weight excluding hydrogens is 344 g/mol. The minimum absolute atomic E-state index is 0.0405. The average Bonchev–Trinajstić information content (AvgIpc) is 3.09. The lowest BCUT2D eigenvalue weighted by molar-refractivity contribution is -0.128. The van der Waals surface area contributed by atoms with E-state index in [9.17, 15) is 9.59 Å². The molecule has 8 heteroatoms. The lowest BCUT2D eigenvalue weighted by atomic mass is 10.1. The Morgan fingerprint density at radius 1 is 1.44 bits per heavy atom. The summed E-state index contributed by atoms with van der Waals surface area (Å²) in [5.41, 5.74) is 1.63. The highest BCUT2D eigenvalue weighted by molar-refractivity contribution is 6.04. The highest BCUT2D eigenvalue weighted by Gasteiger charge is 2.29. The molecule has 0 unspecified atom stereocenters. The van der Waals surface area contributed by atoms with Crippen LogP contribution in [0.25, 0.3) is 11.2 Å². The molecule has 0 spiro atoms. The summed E-state index contributed by atoms with van der Waals surface area (Å²) in [4.78, 5) is 40.5. The summed E-state index contributed by atoms with van der Waals surface area (Å²) >= 11 is 0. The van der Waals surface area contributed by atoms with E-state index >= 15 is 0 Å². The van der Waals surface area contributed by atoms with Gasteiger partial charge in [0.05, 0.1) is 11.8 Å². The third-order valence-electron chi connectivity index (χ3n) is 4.77. The van der Waals surface area contributed by atoms with Crippen molar-refractivity contribution in [1.29, 1.82) is 0 Å². The second-order valence-corrected chi connectivity index (χ2v) is 7.00. The lowest BCUT2D eigenvalue weighted by Crippen LogP contribution is -2.55. The maximum Gasteiger partial charge on any atom is 0.255 e. The third kappa shape index (κ3) is 3.79. The number of H-pyrrole nitrogens is 1. The molecule has 8 nitrogen and oxygen atoms in total. The zero-order chi connectivity index (χ0) is 19.6. The van der Waals surface area contributed by atoms with Crippen LogP contribution in [0.1, 0.15) is 37.6 Å². The minimum atomic E-state index is -0.171. The molecule has 2 aromatic rings. The van der Waals surface area contributed by atoms with E-state index in [4.69, 9.17) is 4.98 Å². The van der Waals surface area contributed by atoms with Crippen LogP contribution in [0.3, 0.4) is 0 Å². The van der Waals surface area contributed by atoms with E-state index in [1.54, 1.807) is 12.4 Å². The van der Waals surface area contributed by atoms with Crippen molar-refractivity contribution < 1.29 is 9.59 Å². The van der Waals surface area contributed by atoms with Gasteiger partial charge in [0.15, 0.2) is 5.65 Å². The monoisotopic (exact) mass is 370 g/mol. The van der Waals surface area contributed by atoms with Gasteiger partial charge in [0.1, 0.15) is 11.3 Å². The zero-order valence-corrected chi connectivity index (χ0v) is 16.0. The van der Waals surface area contributed by atoms with Crippen molar-refractivity contribution in [2.75, 3.05) is 24.5 Å². The Hall–Kier alpha value is -2.90. The number of amides is 2. The van der Waals surface area contributed by atoms with Gasteiger partial charge in [0.2, 0.25) is 5.91 Å². The third-order valence-corrected chi connectivity index (χ3v) is 4.77. The van der Waals surface area contributed by atoms with Crippen molar-refractivity contribution in [1.82, 2.24) is 25.2 Å². The van der Waals surface area contributed by atoms with Crippen LogP contribution in [-0.4, -0.2) is 63.4 Å². The number of piperazine rings is 1. The summed E-state index contributed by atoms with van der Waals surface area (Å²) in [6.07, 6.45) is 5.56. The molecule has 3 rings (SSSR count). The molecule has 27 heavy (non-hydrogen) atoms. The minimum Gasteiger partial charge on any atom is -0.351 e. The number of fused-ring (bicyclic) bond motifs is 1. The van der Waals surface area contributed by atoms with Crippen molar-refractivity contribution in [2.45, 2.75) is 39.3 Å². The molecule has 1 aliphatic heterocycles. The highest BCUT2D eigenvalue weighted by atomic mass is 16.2. The van der Waals surface area contributed by atoms with Crippen LogP contribution >= 0.6 is 0 Å². The summed E-state index contributed by atoms with van der Waals surface area (Å²) in [5, 5.41) is 2.88. The predicted molar refractivity (Wildman–Crippen MR) is 105 cm³/mol. The molecular formula is C19H26N6O2. The van der Waals surface area contributed by atoms with Crippen LogP contribution in [0.5, 0.6) is 0 Å². The Labute approximate surface area is 158 Å². The van der Waals surface area contributed by atoms with Crippen molar-refractivity contribution >= 4 is 28.8 Å². The van der Waals surface area contributed by atoms with Gasteiger partial charge >= 0.3 is 0 Å². The van der Waals surface area contributed by atoms with Gasteiger partial charge in [-0.3, -0.25) is 9.59 Å². The van der Waals surface area contributed by atoms with Crippen molar-refractivity contribution in [3.63, 3.8) is 0 Å². The van der Waals surface area contributed by atoms with Crippen molar-refractivity contribution in [3.05, 3.63) is 30.6 Å². The van der Waals surface area contributed by atoms with Crippen LogP contribution in [0.15, 0.2) is 25.0 Å². The van der Waals surface area contributed by atoms with Gasteiger partial charge in [0.25, 0.3) is 5.91 Å². The largest absolute Gasteiger partial charge is 0.351 e. The first-order valence-electron chi connectivity index (χ1n) is 9.27. The number of nitrogens with zero attached hydrogens (tertiary/aromatic N) is 4. The molecule has 3 heterocycles. The van der Waals surface area contributed by atoms with Crippen molar-refractivity contribution in [2.24, 2.45) is 0 Å². The van der Waals surface area contributed by atoms with E-state index in [0.717, 1.165) is 6.42 Å². The molecule has 2 aromatic heterocycles. The van der Waals surface area contributed by atoms with E-state index < -0.39 is 0 Å². The van der Waals surface area contributed by atoms with Gasteiger partial charge in [-0.1, -0.05) is 13.5 Å². The molecule has 144 valence electrons. The van der Waals surface area contributed by atoms with Gasteiger partial charge in [-0.15, -0.1) is 0 Å². The Morgan fingerprint density at radius 2 is 2.22 bits per heavy atom. The number of rotatable bonds is 5. The second-order valence-electron chi connectivity index (χ2n) is 7.00. The first kappa shape index (κ1) is 18.9. The fourth-order valence-electron chi connectivity index (χ4n) is 3.37. The normalized spacial score (nSPS) is 17.4. The Balaban J connectivity index is 1.86. The number of anilines is 1. The SMILES string of the molecule is C=CC(=O)N1CCN(c2cnc3[nH]cc(C(=O)NC(C)C)c3n2)C[C@@H]1CC. The Bertz CT molecular complexity index is 859. The smallest absolute Gasteiger partial charge is 0.255 e. The first-order valence-corrected chi connectivity index (χ1v) is 9.27. The van der Waals surface area contributed by atoms with Gasteiger partial charge in [-0.25, -0.2) is 9.97 Å². The molecule has 2 amide bonds. The summed E-state index contributed by atoms with van der Waals surface area (Å²) in [5.74, 6) is 0.502. The van der Waals surface area contributed by atoms with E-state index in [-0.39, 0.29) is 23.9 Å². The molecule has 1 saturated heterocycles. The van der Waals surface area contributed by atoms with Crippen LogP contribution in [0, 0.1) is 0 Å². The predicted octanol–water partition coefficient (Wildman–Crippen LogP) is 1.71. The Morgan fingerprint density at radius 3 is 2.89 bits per heavy atom. The topological polar surface area (TPSA) is 94.2 Å². The molecule has 1 aliphatic rings. The van der Waals surface area contributed by atoms with E-state index in [1.165, 1.54) is 6.08 Å². The number of nitrogens with one attached hydrogen (secondary N) is 2. The first-order chi connectivity index (χ1) is 12.9. The quantitative estimate of drug-likeness (QED) is 0.782. The standard InChI is InChI=1S/C19H26N6O2/c1-5-13-11-24(7-8-25(13)16(26)6-2)15-10-21-18-17(23-15)14(9-20-18)19(27)22-12(3)4/h6,9-10,12-13H,2,5,7-8,11H2,1,3-4H3,(H,20,21)(H,22,27)/t13-/m0/s1. The fourth-order valence-corrected chi connectivity index (χ4v) is 3.37. The molecule has 2 N–H and O–H groups in total. The lowest BCUT2D eigenvalue weighted by Gasteiger charge is -2.41. The summed E-state index contributed by atoms with van der Waals surface area (Å²) in [6, 6.07) is 0.135. The molecule has 0 bridgehead atoms. The molecule has 0 aromatic carbocycles. The van der Waals surface area contributed by atoms with Gasteiger partial charge in [-0.2, -0.15) is 0 Å². The second kappa shape index (κ2) is 7.77. The van der Waals surface area contributed by atoms with E-state index in [2.05, 4.69) is 33.7 Å². The summed E-state index contributed by atoms with van der Waals surface area (Å²) in [6.45, 7) is 11.4. The number of hydrogen-bond donors (Lipinski definition) is 2. The van der Waals surface area contributed by atoms with Gasteiger partial charge in [-0.05, 0) is 26.3 Å². The van der Waals surface area contributed by atoms with E-state index in [1.807, 2.05) is 18.7 Å². The van der Waals surface area contributed by atoms with Crippen LogP contribution < -0.4 is 10.2 Å². The van der Waals surface area contributed by atoms with Crippen LogP contribution in [-0.2, 0) is 4.79 Å². The average molecular weight is 370 g/mol. The molecule has 0 saturated carbocycles. The Kier molecular flexibility index (Phi) is 5.43. The number of aromatic nitrogens is 3. The van der Waals surface area contributed by atoms with Gasteiger partial charge in [0, 0.05) is 37.9 Å². The number of hydrogen-bond acceptors (Lipinski definition) is 5. The van der Waals surface area contributed by atoms with Crippen LogP contribution in [0.4, 0.5) is 5.82 Å². The summed E-state index contributed by atoms with van der Waals surface area (Å²) < 4.78 is 0. The van der Waals surface area contributed by atoms with Crippen LogP contribution in [0.2, 0.25) is 0 Å². The molecule has 1 fully saturated rings. The maximum absolute atomic E-state index is 12.4.